The summed E-state index contributed by atoms with van der Waals surface area (Å²) in [7, 11) is -4.33. The number of alkyl halides is 3. The normalized spacial score (nSPS) is 11.6. The van der Waals surface area contributed by atoms with Crippen LogP contribution >= 0.6 is 11.6 Å². The van der Waals surface area contributed by atoms with E-state index < -0.39 is 39.1 Å². The lowest BCUT2D eigenvalue weighted by atomic mass is 10.2. The van der Waals surface area contributed by atoms with Gasteiger partial charge >= 0.3 is 6.18 Å². The highest BCUT2D eigenvalue weighted by atomic mass is 35.5. The standard InChI is InChI=1S/C21H15ClF3N3O5S/c22-18-11-6-14(21(23,24)25)12-19(18)26-20(29)13-27(15-7-9-16(10-8-15)28(30)31)34(32,33)17-4-2-1-3-5-17/h1-12H,13H2,(H,26,29). The Hall–Kier alpha value is -3.64. The van der Waals surface area contributed by atoms with E-state index in [4.69, 9.17) is 11.6 Å². The Morgan fingerprint density at radius 3 is 2.21 bits per heavy atom. The largest absolute Gasteiger partial charge is 0.416 e. The van der Waals surface area contributed by atoms with E-state index in [2.05, 4.69) is 5.32 Å². The summed E-state index contributed by atoms with van der Waals surface area (Å²) < 4.78 is 66.2. The van der Waals surface area contributed by atoms with Crippen LogP contribution in [0.3, 0.4) is 0 Å². The number of hydrogen-bond acceptors (Lipinski definition) is 5. The molecule has 0 bridgehead atoms. The Labute approximate surface area is 196 Å². The quantitative estimate of drug-likeness (QED) is 0.349. The van der Waals surface area contributed by atoms with E-state index in [1.807, 2.05) is 0 Å². The Morgan fingerprint density at radius 1 is 1.03 bits per heavy atom. The lowest BCUT2D eigenvalue weighted by Gasteiger charge is -2.24. The Morgan fingerprint density at radius 2 is 1.65 bits per heavy atom. The monoisotopic (exact) mass is 513 g/mol. The predicted molar refractivity (Wildman–Crippen MR) is 119 cm³/mol. The van der Waals surface area contributed by atoms with Gasteiger partial charge in [-0.1, -0.05) is 29.8 Å². The first-order valence-corrected chi connectivity index (χ1v) is 11.2. The average Bonchev–Trinajstić information content (AvgIpc) is 2.78. The topological polar surface area (TPSA) is 110 Å². The zero-order valence-corrected chi connectivity index (χ0v) is 18.6. The minimum atomic E-state index is -4.69. The SMILES string of the molecule is O=C(CN(c1ccc([N+](=O)[O-])cc1)S(=O)(=O)c1ccccc1)Nc1cc(C(F)(F)F)ccc1Cl. The first-order chi connectivity index (χ1) is 15.9. The zero-order valence-electron chi connectivity index (χ0n) is 17.0. The van der Waals surface area contributed by atoms with Crippen LogP contribution in [0.5, 0.6) is 0 Å². The first-order valence-electron chi connectivity index (χ1n) is 9.38. The maximum absolute atomic E-state index is 13.2. The second-order valence-electron chi connectivity index (χ2n) is 6.84. The van der Waals surface area contributed by atoms with Gasteiger partial charge in [-0.25, -0.2) is 8.42 Å². The van der Waals surface area contributed by atoms with E-state index in [-0.39, 0.29) is 27.0 Å². The lowest BCUT2D eigenvalue weighted by Crippen LogP contribution is -2.38. The van der Waals surface area contributed by atoms with E-state index in [9.17, 15) is 36.5 Å². The number of nitro groups is 1. The molecule has 8 nitrogen and oxygen atoms in total. The van der Waals surface area contributed by atoms with E-state index in [1.165, 1.54) is 24.3 Å². The summed E-state index contributed by atoms with van der Waals surface area (Å²) in [6, 6.07) is 13.8. The summed E-state index contributed by atoms with van der Waals surface area (Å²) >= 11 is 5.90. The molecule has 3 aromatic carbocycles. The number of nitrogens with zero attached hydrogens (tertiary/aromatic N) is 2. The highest BCUT2D eigenvalue weighted by molar-refractivity contribution is 7.92. The van der Waals surface area contributed by atoms with Crippen LogP contribution in [0.1, 0.15) is 5.56 Å². The number of halogens is 4. The molecule has 3 aromatic rings. The van der Waals surface area contributed by atoms with Gasteiger partial charge in [-0.05, 0) is 42.5 Å². The molecule has 0 atom stereocenters. The van der Waals surface area contributed by atoms with Gasteiger partial charge in [0.15, 0.2) is 0 Å². The van der Waals surface area contributed by atoms with E-state index in [1.54, 1.807) is 6.07 Å². The fraction of sp³-hybridized carbons (Fsp3) is 0.0952. The van der Waals surface area contributed by atoms with Crippen molar-refractivity contribution < 1.29 is 31.3 Å². The number of non-ortho nitro benzene ring substituents is 1. The van der Waals surface area contributed by atoms with Crippen molar-refractivity contribution in [1.82, 2.24) is 0 Å². The number of amides is 1. The molecule has 0 aliphatic heterocycles. The van der Waals surface area contributed by atoms with Crippen LogP contribution in [0.25, 0.3) is 0 Å². The maximum Gasteiger partial charge on any atom is 0.416 e. The molecule has 1 N–H and O–H groups in total. The van der Waals surface area contributed by atoms with Crippen molar-refractivity contribution in [3.05, 3.63) is 93.5 Å². The number of rotatable bonds is 7. The average molecular weight is 514 g/mol. The molecule has 0 fully saturated rings. The van der Waals surface area contributed by atoms with Crippen LogP contribution in [0.15, 0.2) is 77.7 Å². The lowest BCUT2D eigenvalue weighted by molar-refractivity contribution is -0.384. The van der Waals surface area contributed by atoms with Crippen molar-refractivity contribution in [3.63, 3.8) is 0 Å². The fourth-order valence-electron chi connectivity index (χ4n) is 2.89. The van der Waals surface area contributed by atoms with Gasteiger partial charge in [-0.15, -0.1) is 0 Å². The third-order valence-corrected chi connectivity index (χ3v) is 6.65. The van der Waals surface area contributed by atoms with Gasteiger partial charge in [-0.2, -0.15) is 13.2 Å². The fourth-order valence-corrected chi connectivity index (χ4v) is 4.50. The van der Waals surface area contributed by atoms with E-state index >= 15 is 0 Å². The second-order valence-corrected chi connectivity index (χ2v) is 9.11. The molecule has 0 heterocycles. The smallest absolute Gasteiger partial charge is 0.323 e. The number of carbonyl (C=O) groups is 1. The number of nitro benzene ring substituents is 1. The highest BCUT2D eigenvalue weighted by Gasteiger charge is 2.32. The Balaban J connectivity index is 1.96. The molecule has 0 radical (unpaired) electrons. The summed E-state index contributed by atoms with van der Waals surface area (Å²) in [5.74, 6) is -0.987. The van der Waals surface area contributed by atoms with Gasteiger partial charge < -0.3 is 5.32 Å². The third-order valence-electron chi connectivity index (χ3n) is 4.53. The van der Waals surface area contributed by atoms with Crippen LogP contribution in [0, 0.1) is 10.1 Å². The Bertz CT molecular complexity index is 1320. The van der Waals surface area contributed by atoms with Crippen LogP contribution < -0.4 is 9.62 Å². The van der Waals surface area contributed by atoms with Crippen LogP contribution in [0.4, 0.5) is 30.2 Å². The number of hydrogen-bond donors (Lipinski definition) is 1. The van der Waals surface area contributed by atoms with Gasteiger partial charge in [0.2, 0.25) is 5.91 Å². The van der Waals surface area contributed by atoms with Crippen molar-refractivity contribution in [3.8, 4) is 0 Å². The molecule has 178 valence electrons. The second kappa shape index (κ2) is 9.69. The van der Waals surface area contributed by atoms with Crippen LogP contribution in [-0.4, -0.2) is 25.8 Å². The molecule has 0 aliphatic rings. The molecule has 34 heavy (non-hydrogen) atoms. The van der Waals surface area contributed by atoms with Gasteiger partial charge in [0.05, 0.1) is 31.8 Å². The molecular weight excluding hydrogens is 499 g/mol. The predicted octanol–water partition coefficient (Wildman–Crippen LogP) is 5.10. The minimum Gasteiger partial charge on any atom is -0.323 e. The van der Waals surface area contributed by atoms with Gasteiger partial charge in [0.1, 0.15) is 6.54 Å². The number of carbonyl (C=O) groups excluding carboxylic acids is 1. The molecule has 0 saturated carbocycles. The van der Waals surface area contributed by atoms with Crippen molar-refractivity contribution >= 4 is 44.6 Å². The minimum absolute atomic E-state index is 0.0697. The Kier molecular flexibility index (Phi) is 7.12. The van der Waals surface area contributed by atoms with Crippen molar-refractivity contribution in [1.29, 1.82) is 0 Å². The number of nitrogens with one attached hydrogen (secondary N) is 1. The van der Waals surface area contributed by atoms with Gasteiger partial charge in [0, 0.05) is 12.1 Å². The molecule has 0 unspecified atom stereocenters. The van der Waals surface area contributed by atoms with E-state index in [0.29, 0.717) is 10.4 Å². The molecule has 3 rings (SSSR count). The van der Waals surface area contributed by atoms with Crippen molar-refractivity contribution in [2.45, 2.75) is 11.1 Å². The highest BCUT2D eigenvalue weighted by Crippen LogP contribution is 2.34. The molecule has 1 amide bonds. The van der Waals surface area contributed by atoms with Crippen molar-refractivity contribution in [2.24, 2.45) is 0 Å². The van der Waals surface area contributed by atoms with Crippen molar-refractivity contribution in [2.75, 3.05) is 16.2 Å². The third kappa shape index (κ3) is 5.64. The molecular formula is C21H15ClF3N3O5S. The molecule has 0 aromatic heterocycles. The number of benzene rings is 3. The summed E-state index contributed by atoms with van der Waals surface area (Å²) in [5.41, 5.74) is -1.79. The molecule has 13 heteroatoms. The first kappa shape index (κ1) is 25.0. The van der Waals surface area contributed by atoms with E-state index in [0.717, 1.165) is 36.4 Å². The summed E-state index contributed by atoms with van der Waals surface area (Å²) in [4.78, 5) is 22.8. The number of sulfonamides is 1. The van der Waals surface area contributed by atoms with Gasteiger partial charge in [-0.3, -0.25) is 19.2 Å². The maximum atomic E-state index is 13.2. The summed E-state index contributed by atoms with van der Waals surface area (Å²) in [6.07, 6.45) is -4.69. The van der Waals surface area contributed by atoms with Gasteiger partial charge in [0.25, 0.3) is 15.7 Å². The summed E-state index contributed by atoms with van der Waals surface area (Å²) in [5, 5.41) is 12.9. The zero-order chi connectivity index (χ0) is 25.1. The van der Waals surface area contributed by atoms with Crippen LogP contribution in [-0.2, 0) is 21.0 Å². The number of anilines is 2. The molecule has 0 aliphatic carbocycles. The van der Waals surface area contributed by atoms with Crippen LogP contribution in [0.2, 0.25) is 5.02 Å². The summed E-state index contributed by atoms with van der Waals surface area (Å²) in [6.45, 7) is -0.846. The molecule has 0 spiro atoms. The molecule has 0 saturated heterocycles.